The van der Waals surface area contributed by atoms with Gasteiger partial charge in [-0.25, -0.2) is 4.79 Å². The molecule has 0 radical (unpaired) electrons. The molecule has 1 heterocycles. The molecule has 0 saturated carbocycles. The number of aryl methyl sites for hydroxylation is 1. The fourth-order valence-corrected chi connectivity index (χ4v) is 2.07. The number of fused-ring (bicyclic) bond motifs is 1. The molecule has 1 aromatic rings. The number of benzene rings is 1. The van der Waals surface area contributed by atoms with E-state index in [1.54, 1.807) is 18.2 Å². The quantitative estimate of drug-likeness (QED) is 0.638. The van der Waals surface area contributed by atoms with Gasteiger partial charge in [0.05, 0.1) is 12.7 Å². The number of methoxy groups -OCH3 is 1. The van der Waals surface area contributed by atoms with Crippen LogP contribution in [0.3, 0.4) is 0 Å². The molecule has 18 heavy (non-hydrogen) atoms. The van der Waals surface area contributed by atoms with E-state index >= 15 is 0 Å². The van der Waals surface area contributed by atoms with E-state index in [4.69, 9.17) is 23.2 Å². The van der Waals surface area contributed by atoms with Crippen LogP contribution in [0.2, 0.25) is 0 Å². The highest BCUT2D eigenvalue weighted by Gasteiger charge is 2.36. The SMILES string of the molecule is COC(=O)c1ccc2c(c1)CCC(Cl)(Cl)C(=O)N2. The van der Waals surface area contributed by atoms with Crippen LogP contribution in [0.15, 0.2) is 18.2 Å². The van der Waals surface area contributed by atoms with E-state index in [0.29, 0.717) is 24.1 Å². The highest BCUT2D eigenvalue weighted by molar-refractivity contribution is 6.59. The summed E-state index contributed by atoms with van der Waals surface area (Å²) in [6.45, 7) is 0. The minimum Gasteiger partial charge on any atom is -0.465 e. The van der Waals surface area contributed by atoms with Crippen LogP contribution >= 0.6 is 23.2 Å². The highest BCUT2D eigenvalue weighted by Crippen LogP contribution is 2.34. The maximum Gasteiger partial charge on any atom is 0.337 e. The van der Waals surface area contributed by atoms with Crippen molar-refractivity contribution in [2.24, 2.45) is 0 Å². The molecule has 2 rings (SSSR count). The molecular weight excluding hydrogens is 277 g/mol. The van der Waals surface area contributed by atoms with Crippen molar-refractivity contribution in [3.05, 3.63) is 29.3 Å². The van der Waals surface area contributed by atoms with Crippen molar-refractivity contribution in [2.75, 3.05) is 12.4 Å². The molecule has 1 aliphatic rings. The van der Waals surface area contributed by atoms with Gasteiger partial charge in [-0.3, -0.25) is 4.79 Å². The molecule has 0 atom stereocenters. The Morgan fingerprint density at radius 3 is 2.83 bits per heavy atom. The third-order valence-corrected chi connectivity index (χ3v) is 3.54. The summed E-state index contributed by atoms with van der Waals surface area (Å²) in [6.07, 6.45) is 0.797. The van der Waals surface area contributed by atoms with Gasteiger partial charge in [0.2, 0.25) is 0 Å². The number of carbonyl (C=O) groups excluding carboxylic acids is 2. The van der Waals surface area contributed by atoms with Crippen molar-refractivity contribution >= 4 is 40.8 Å². The molecule has 0 aromatic heterocycles. The Bertz CT molecular complexity index is 514. The predicted octanol–water partition coefficient (Wildman–Crippen LogP) is 2.53. The molecule has 0 spiro atoms. The molecule has 1 amide bonds. The van der Waals surface area contributed by atoms with Crippen LogP contribution in [0.25, 0.3) is 0 Å². The lowest BCUT2D eigenvalue weighted by atomic mass is 10.0. The van der Waals surface area contributed by atoms with Crippen LogP contribution in [0.1, 0.15) is 22.3 Å². The second-order valence-corrected chi connectivity index (χ2v) is 5.51. The number of alkyl halides is 2. The Morgan fingerprint density at radius 2 is 2.17 bits per heavy atom. The smallest absolute Gasteiger partial charge is 0.337 e. The van der Waals surface area contributed by atoms with E-state index in [0.717, 1.165) is 5.56 Å². The van der Waals surface area contributed by atoms with Crippen molar-refractivity contribution in [3.63, 3.8) is 0 Å². The molecule has 0 fully saturated rings. The van der Waals surface area contributed by atoms with Crippen LogP contribution < -0.4 is 5.32 Å². The van der Waals surface area contributed by atoms with Crippen molar-refractivity contribution < 1.29 is 14.3 Å². The number of amides is 1. The molecule has 96 valence electrons. The van der Waals surface area contributed by atoms with Gasteiger partial charge < -0.3 is 10.1 Å². The van der Waals surface area contributed by atoms with Crippen LogP contribution in [-0.2, 0) is 16.0 Å². The third kappa shape index (κ3) is 2.44. The van der Waals surface area contributed by atoms with Crippen molar-refractivity contribution in [3.8, 4) is 0 Å². The monoisotopic (exact) mass is 287 g/mol. The Balaban J connectivity index is 2.36. The Morgan fingerprint density at radius 1 is 1.44 bits per heavy atom. The first-order valence-electron chi connectivity index (χ1n) is 5.34. The lowest BCUT2D eigenvalue weighted by Crippen LogP contribution is -2.30. The van der Waals surface area contributed by atoms with Gasteiger partial charge in [-0.2, -0.15) is 0 Å². The molecule has 0 unspecified atom stereocenters. The van der Waals surface area contributed by atoms with Crippen molar-refractivity contribution in [1.29, 1.82) is 0 Å². The van der Waals surface area contributed by atoms with E-state index in [2.05, 4.69) is 10.1 Å². The molecule has 0 bridgehead atoms. The number of rotatable bonds is 1. The maximum atomic E-state index is 11.7. The number of hydrogen-bond donors (Lipinski definition) is 1. The highest BCUT2D eigenvalue weighted by atomic mass is 35.5. The Hall–Kier alpha value is -1.26. The average molecular weight is 288 g/mol. The van der Waals surface area contributed by atoms with Crippen LogP contribution in [0.5, 0.6) is 0 Å². The van der Waals surface area contributed by atoms with Gasteiger partial charge in [0.25, 0.3) is 5.91 Å². The molecule has 1 aliphatic heterocycles. The summed E-state index contributed by atoms with van der Waals surface area (Å²) >= 11 is 11.8. The number of nitrogens with one attached hydrogen (secondary N) is 1. The number of anilines is 1. The largest absolute Gasteiger partial charge is 0.465 e. The summed E-state index contributed by atoms with van der Waals surface area (Å²) < 4.78 is 3.20. The van der Waals surface area contributed by atoms with Gasteiger partial charge in [-0.05, 0) is 36.6 Å². The molecular formula is C12H11Cl2NO3. The van der Waals surface area contributed by atoms with E-state index < -0.39 is 16.2 Å². The minimum atomic E-state index is -1.44. The first-order chi connectivity index (χ1) is 8.44. The van der Waals surface area contributed by atoms with Gasteiger partial charge in [0.15, 0.2) is 4.33 Å². The molecule has 4 nitrogen and oxygen atoms in total. The van der Waals surface area contributed by atoms with E-state index in [9.17, 15) is 9.59 Å². The lowest BCUT2D eigenvalue weighted by molar-refractivity contribution is -0.116. The summed E-state index contributed by atoms with van der Waals surface area (Å²) in [5.74, 6) is -0.869. The first kappa shape index (κ1) is 13.2. The number of halogens is 2. The second kappa shape index (κ2) is 4.78. The molecule has 0 saturated heterocycles. The maximum absolute atomic E-state index is 11.7. The standard InChI is InChI=1S/C12H11Cl2NO3/c1-18-10(16)8-2-3-9-7(6-8)4-5-12(13,14)11(17)15-9/h2-3,6H,4-5H2,1H3,(H,15,17). The van der Waals surface area contributed by atoms with Gasteiger partial charge in [-0.1, -0.05) is 23.2 Å². The normalized spacial score (nSPS) is 17.4. The van der Waals surface area contributed by atoms with Crippen LogP contribution in [-0.4, -0.2) is 23.3 Å². The lowest BCUT2D eigenvalue weighted by Gasteiger charge is -2.14. The second-order valence-electron chi connectivity index (χ2n) is 4.02. The molecule has 1 aromatic carbocycles. The van der Waals surface area contributed by atoms with Gasteiger partial charge in [0, 0.05) is 5.69 Å². The first-order valence-corrected chi connectivity index (χ1v) is 6.10. The molecule has 1 N–H and O–H groups in total. The fraction of sp³-hybridized carbons (Fsp3) is 0.333. The average Bonchev–Trinajstić information content (AvgIpc) is 2.46. The van der Waals surface area contributed by atoms with Gasteiger partial charge >= 0.3 is 5.97 Å². The summed E-state index contributed by atoms with van der Waals surface area (Å²) in [5.41, 5.74) is 1.87. The van der Waals surface area contributed by atoms with E-state index in [1.165, 1.54) is 7.11 Å². The predicted molar refractivity (Wildman–Crippen MR) is 69.2 cm³/mol. The van der Waals surface area contributed by atoms with E-state index in [1.807, 2.05) is 0 Å². The summed E-state index contributed by atoms with van der Waals surface area (Å²) in [6, 6.07) is 4.91. The van der Waals surface area contributed by atoms with Crippen LogP contribution in [0, 0.1) is 0 Å². The fourth-order valence-electron chi connectivity index (χ4n) is 1.79. The van der Waals surface area contributed by atoms with Crippen molar-refractivity contribution in [1.82, 2.24) is 0 Å². The zero-order valence-corrected chi connectivity index (χ0v) is 11.1. The van der Waals surface area contributed by atoms with Gasteiger partial charge in [0.1, 0.15) is 0 Å². The molecule has 0 aliphatic carbocycles. The number of esters is 1. The van der Waals surface area contributed by atoms with Crippen LogP contribution in [0.4, 0.5) is 5.69 Å². The van der Waals surface area contributed by atoms with Crippen molar-refractivity contribution in [2.45, 2.75) is 17.2 Å². The summed E-state index contributed by atoms with van der Waals surface area (Å²) in [4.78, 5) is 23.1. The number of carbonyl (C=O) groups is 2. The Kier molecular flexibility index (Phi) is 3.50. The summed E-state index contributed by atoms with van der Waals surface area (Å²) in [7, 11) is 1.32. The minimum absolute atomic E-state index is 0.291. The number of ether oxygens (including phenoxy) is 1. The summed E-state index contributed by atoms with van der Waals surface area (Å²) in [5, 5.41) is 2.64. The Labute approximate surface area is 114 Å². The van der Waals surface area contributed by atoms with Gasteiger partial charge in [-0.15, -0.1) is 0 Å². The third-order valence-electron chi connectivity index (χ3n) is 2.82. The number of hydrogen-bond acceptors (Lipinski definition) is 3. The zero-order chi connectivity index (χ0) is 13.3. The molecule has 6 heteroatoms. The topological polar surface area (TPSA) is 55.4 Å². The zero-order valence-electron chi connectivity index (χ0n) is 9.63. The van der Waals surface area contributed by atoms with E-state index in [-0.39, 0.29) is 0 Å².